The van der Waals surface area contributed by atoms with Crippen molar-refractivity contribution in [3.63, 3.8) is 0 Å². The number of nitriles is 1. The summed E-state index contributed by atoms with van der Waals surface area (Å²) in [5, 5.41) is 15.8. The Bertz CT molecular complexity index is 1070. The van der Waals surface area contributed by atoms with Crippen LogP contribution >= 0.6 is 11.6 Å². The summed E-state index contributed by atoms with van der Waals surface area (Å²) < 4.78 is 29.0. The van der Waals surface area contributed by atoms with Crippen LogP contribution < -0.4 is 4.74 Å². The lowest BCUT2D eigenvalue weighted by Gasteiger charge is -2.08. The fraction of sp³-hybridized carbons (Fsp3) is 0.0588. The average Bonchev–Trinajstić information content (AvgIpc) is 3.02. The molecule has 0 radical (unpaired) electrons. The van der Waals surface area contributed by atoms with E-state index < -0.39 is 9.84 Å². The second-order valence-electron chi connectivity index (χ2n) is 5.26. The average molecular weight is 374 g/mol. The normalized spacial score (nSPS) is 11.1. The van der Waals surface area contributed by atoms with Crippen LogP contribution in [-0.4, -0.2) is 24.9 Å². The van der Waals surface area contributed by atoms with Crippen molar-refractivity contribution in [1.82, 2.24) is 10.2 Å². The van der Waals surface area contributed by atoms with Gasteiger partial charge in [0, 0.05) is 11.8 Å². The Labute approximate surface area is 149 Å². The zero-order valence-corrected chi connectivity index (χ0v) is 14.6. The molecule has 8 heteroatoms. The van der Waals surface area contributed by atoms with Gasteiger partial charge in [0.2, 0.25) is 0 Å². The molecule has 0 saturated heterocycles. The summed E-state index contributed by atoms with van der Waals surface area (Å²) in [6.07, 6.45) is 2.61. The van der Waals surface area contributed by atoms with Crippen LogP contribution in [0.5, 0.6) is 11.5 Å². The van der Waals surface area contributed by atoms with Crippen molar-refractivity contribution in [3.05, 3.63) is 59.2 Å². The zero-order chi connectivity index (χ0) is 18.0. The number of aromatic nitrogens is 2. The van der Waals surface area contributed by atoms with E-state index >= 15 is 0 Å². The Morgan fingerprint density at radius 3 is 2.52 bits per heavy atom. The lowest BCUT2D eigenvalue weighted by Crippen LogP contribution is -1.97. The number of aromatic amines is 1. The predicted octanol–water partition coefficient (Wildman–Crippen LogP) is 3.80. The molecule has 1 aromatic heterocycles. The number of sulfone groups is 1. The van der Waals surface area contributed by atoms with Gasteiger partial charge in [-0.25, -0.2) is 8.42 Å². The third-order valence-electron chi connectivity index (χ3n) is 3.45. The third-order valence-corrected chi connectivity index (χ3v) is 4.88. The van der Waals surface area contributed by atoms with Gasteiger partial charge >= 0.3 is 0 Å². The van der Waals surface area contributed by atoms with Gasteiger partial charge in [-0.15, -0.1) is 0 Å². The van der Waals surface area contributed by atoms with Crippen LogP contribution in [0.1, 0.15) is 5.56 Å². The second kappa shape index (κ2) is 6.59. The lowest BCUT2D eigenvalue weighted by molar-refractivity contribution is 0.484. The molecule has 0 aliphatic heterocycles. The molecule has 126 valence electrons. The van der Waals surface area contributed by atoms with E-state index in [9.17, 15) is 8.42 Å². The first-order valence-electron chi connectivity index (χ1n) is 7.10. The van der Waals surface area contributed by atoms with E-state index in [4.69, 9.17) is 21.6 Å². The van der Waals surface area contributed by atoms with E-state index in [1.165, 1.54) is 18.3 Å². The van der Waals surface area contributed by atoms with Crippen molar-refractivity contribution in [1.29, 1.82) is 5.26 Å². The van der Waals surface area contributed by atoms with Gasteiger partial charge in [0.15, 0.2) is 15.6 Å². The van der Waals surface area contributed by atoms with E-state index in [-0.39, 0.29) is 9.92 Å². The predicted molar refractivity (Wildman–Crippen MR) is 93.4 cm³/mol. The lowest BCUT2D eigenvalue weighted by atomic mass is 10.1. The third kappa shape index (κ3) is 3.65. The fourth-order valence-electron chi connectivity index (χ4n) is 2.20. The summed E-state index contributed by atoms with van der Waals surface area (Å²) in [5.74, 6) is 0.962. The minimum absolute atomic E-state index is 0.135. The number of nitrogens with zero attached hydrogens (tertiary/aromatic N) is 2. The van der Waals surface area contributed by atoms with E-state index in [1.54, 1.807) is 30.3 Å². The number of nitrogens with one attached hydrogen (secondary N) is 1. The van der Waals surface area contributed by atoms with Gasteiger partial charge in [0.1, 0.15) is 11.4 Å². The first-order valence-corrected chi connectivity index (χ1v) is 9.37. The Morgan fingerprint density at radius 1 is 1.20 bits per heavy atom. The molecule has 3 aromatic rings. The molecule has 0 atom stereocenters. The molecule has 25 heavy (non-hydrogen) atoms. The Kier molecular flexibility index (Phi) is 4.49. The zero-order valence-electron chi connectivity index (χ0n) is 13.0. The summed E-state index contributed by atoms with van der Waals surface area (Å²) >= 11 is 6.24. The molecule has 0 saturated carbocycles. The SMILES string of the molecule is CS(=O)(=O)c1ccc(-c2[nH]ncc2Oc2ccc(C#N)cc2)c(Cl)c1. The van der Waals surface area contributed by atoms with E-state index in [0.717, 1.165) is 6.26 Å². The monoisotopic (exact) mass is 373 g/mol. The van der Waals surface area contributed by atoms with Crippen LogP contribution in [0.15, 0.2) is 53.6 Å². The van der Waals surface area contributed by atoms with Gasteiger partial charge in [-0.05, 0) is 42.5 Å². The van der Waals surface area contributed by atoms with Crippen LogP contribution in [0.3, 0.4) is 0 Å². The molecule has 2 aromatic carbocycles. The standard InChI is InChI=1S/C17H12ClN3O3S/c1-25(22,23)13-6-7-14(15(18)8-13)17-16(10-20-21-17)24-12-4-2-11(9-19)3-5-12/h2-8,10H,1H3,(H,20,21). The molecule has 6 nitrogen and oxygen atoms in total. The molecule has 1 heterocycles. The van der Waals surface area contributed by atoms with Gasteiger partial charge in [-0.2, -0.15) is 10.4 Å². The topological polar surface area (TPSA) is 95.8 Å². The van der Waals surface area contributed by atoms with Crippen LogP contribution in [0.25, 0.3) is 11.3 Å². The van der Waals surface area contributed by atoms with Gasteiger partial charge in [-0.3, -0.25) is 5.10 Å². The van der Waals surface area contributed by atoms with Crippen LogP contribution in [0.2, 0.25) is 5.02 Å². The number of benzene rings is 2. The summed E-state index contributed by atoms with van der Waals surface area (Å²) in [6, 6.07) is 13.1. The summed E-state index contributed by atoms with van der Waals surface area (Å²) in [5.41, 5.74) is 1.61. The highest BCUT2D eigenvalue weighted by atomic mass is 35.5. The van der Waals surface area contributed by atoms with Gasteiger partial charge < -0.3 is 4.74 Å². The van der Waals surface area contributed by atoms with Crippen molar-refractivity contribution in [2.75, 3.05) is 6.26 Å². The summed E-state index contributed by atoms with van der Waals surface area (Å²) in [4.78, 5) is 0.135. The summed E-state index contributed by atoms with van der Waals surface area (Å²) in [6.45, 7) is 0. The smallest absolute Gasteiger partial charge is 0.175 e. The molecule has 0 bridgehead atoms. The first-order chi connectivity index (χ1) is 11.9. The number of ether oxygens (including phenoxy) is 1. The summed E-state index contributed by atoms with van der Waals surface area (Å²) in [7, 11) is -3.34. The van der Waals surface area contributed by atoms with Crippen LogP contribution in [-0.2, 0) is 9.84 Å². The highest BCUT2D eigenvalue weighted by Gasteiger charge is 2.16. The number of hydrogen-bond acceptors (Lipinski definition) is 5. The molecule has 1 N–H and O–H groups in total. The van der Waals surface area contributed by atoms with Crippen molar-refractivity contribution in [2.45, 2.75) is 4.90 Å². The molecule has 0 aliphatic rings. The molecule has 0 spiro atoms. The molecule has 0 aliphatic carbocycles. The minimum Gasteiger partial charge on any atom is -0.453 e. The van der Waals surface area contributed by atoms with E-state index in [1.807, 2.05) is 6.07 Å². The van der Waals surface area contributed by atoms with Crippen LogP contribution in [0, 0.1) is 11.3 Å². The Morgan fingerprint density at radius 2 is 1.92 bits per heavy atom. The molecule has 0 amide bonds. The molecule has 0 fully saturated rings. The maximum Gasteiger partial charge on any atom is 0.175 e. The number of H-pyrrole nitrogens is 1. The molecule has 0 unspecified atom stereocenters. The van der Waals surface area contributed by atoms with Crippen molar-refractivity contribution in [2.24, 2.45) is 0 Å². The van der Waals surface area contributed by atoms with Crippen molar-refractivity contribution >= 4 is 21.4 Å². The molecular weight excluding hydrogens is 362 g/mol. The van der Waals surface area contributed by atoms with E-state index in [0.29, 0.717) is 28.3 Å². The van der Waals surface area contributed by atoms with Crippen molar-refractivity contribution < 1.29 is 13.2 Å². The van der Waals surface area contributed by atoms with Crippen molar-refractivity contribution in [3.8, 4) is 28.8 Å². The Balaban J connectivity index is 1.95. The highest BCUT2D eigenvalue weighted by molar-refractivity contribution is 7.90. The Hall–Kier alpha value is -2.82. The second-order valence-corrected chi connectivity index (χ2v) is 7.68. The highest BCUT2D eigenvalue weighted by Crippen LogP contribution is 2.36. The first kappa shape index (κ1) is 17.0. The maximum absolute atomic E-state index is 11.6. The number of hydrogen-bond donors (Lipinski definition) is 1. The molecule has 3 rings (SSSR count). The number of rotatable bonds is 4. The molecular formula is C17H12ClN3O3S. The van der Waals surface area contributed by atoms with Gasteiger partial charge in [0.25, 0.3) is 0 Å². The van der Waals surface area contributed by atoms with Gasteiger partial charge in [0.05, 0.1) is 27.7 Å². The largest absolute Gasteiger partial charge is 0.453 e. The number of halogens is 1. The quantitative estimate of drug-likeness (QED) is 0.750. The van der Waals surface area contributed by atoms with Gasteiger partial charge in [-0.1, -0.05) is 11.6 Å². The maximum atomic E-state index is 11.6. The van der Waals surface area contributed by atoms with E-state index in [2.05, 4.69) is 10.2 Å². The van der Waals surface area contributed by atoms with Crippen LogP contribution in [0.4, 0.5) is 0 Å². The fourth-order valence-corrected chi connectivity index (χ4v) is 3.19. The minimum atomic E-state index is -3.34.